The van der Waals surface area contributed by atoms with Gasteiger partial charge in [0.2, 0.25) is 0 Å². The van der Waals surface area contributed by atoms with Crippen molar-refractivity contribution in [1.82, 2.24) is 4.90 Å². The van der Waals surface area contributed by atoms with Crippen LogP contribution in [0.15, 0.2) is 18.2 Å². The quantitative estimate of drug-likeness (QED) is 0.872. The predicted molar refractivity (Wildman–Crippen MR) is 75.1 cm³/mol. The summed E-state index contributed by atoms with van der Waals surface area (Å²) in [7, 11) is 3.70. The fourth-order valence-corrected chi connectivity index (χ4v) is 1.91. The van der Waals surface area contributed by atoms with Crippen LogP contribution >= 0.6 is 0 Å². The van der Waals surface area contributed by atoms with Crippen LogP contribution in [0.25, 0.3) is 0 Å². The first-order chi connectivity index (χ1) is 8.38. The fourth-order valence-electron chi connectivity index (χ4n) is 1.91. The number of nitrogens with zero attached hydrogens (tertiary/aromatic N) is 1. The number of aliphatic hydroxyl groups is 1. The molecule has 1 aromatic carbocycles. The molecule has 0 aliphatic carbocycles. The Kier molecular flexibility index (Phi) is 5.17. The van der Waals surface area contributed by atoms with Gasteiger partial charge in [-0.1, -0.05) is 32.9 Å². The Morgan fingerprint density at radius 1 is 1.28 bits per heavy atom. The number of methoxy groups -OCH3 is 1. The maximum Gasteiger partial charge on any atom is 0.123 e. The summed E-state index contributed by atoms with van der Waals surface area (Å²) in [5.41, 5.74) is 2.60. The lowest BCUT2D eigenvalue weighted by molar-refractivity contribution is 0.215. The van der Waals surface area contributed by atoms with Crippen molar-refractivity contribution in [3.05, 3.63) is 29.3 Å². The highest BCUT2D eigenvalue weighted by Crippen LogP contribution is 2.28. The minimum Gasteiger partial charge on any atom is -0.496 e. The van der Waals surface area contributed by atoms with Crippen LogP contribution in [0.4, 0.5) is 0 Å². The number of hydrogen-bond donors (Lipinski definition) is 1. The summed E-state index contributed by atoms with van der Waals surface area (Å²) in [6.07, 6.45) is 0. The molecule has 102 valence electrons. The predicted octanol–water partition coefficient (Wildman–Crippen LogP) is 2.42. The number of aliphatic hydroxyl groups excluding tert-OH is 1. The number of ether oxygens (including phenoxy) is 1. The van der Waals surface area contributed by atoms with Crippen LogP contribution in [-0.4, -0.2) is 37.3 Å². The zero-order chi connectivity index (χ0) is 13.8. The van der Waals surface area contributed by atoms with E-state index in [1.807, 2.05) is 13.1 Å². The van der Waals surface area contributed by atoms with Gasteiger partial charge in [0.25, 0.3) is 0 Å². The van der Waals surface area contributed by atoms with Gasteiger partial charge >= 0.3 is 0 Å². The molecule has 0 bridgehead atoms. The SMILES string of the molecule is COc1ccc(C(C)(C)C)cc1CN(C)CCO. The van der Waals surface area contributed by atoms with Gasteiger partial charge in [0.15, 0.2) is 0 Å². The van der Waals surface area contributed by atoms with Crippen molar-refractivity contribution < 1.29 is 9.84 Å². The van der Waals surface area contributed by atoms with E-state index in [0.717, 1.165) is 12.3 Å². The molecule has 0 radical (unpaired) electrons. The standard InChI is InChI=1S/C15H25NO2/c1-15(2,3)13-6-7-14(18-5)12(10-13)11-16(4)8-9-17/h6-7,10,17H,8-9,11H2,1-5H3. The molecule has 0 aliphatic rings. The Labute approximate surface area is 110 Å². The molecular weight excluding hydrogens is 226 g/mol. The van der Waals surface area contributed by atoms with Crippen LogP contribution in [0.5, 0.6) is 5.75 Å². The highest BCUT2D eigenvalue weighted by Gasteiger charge is 2.16. The van der Waals surface area contributed by atoms with E-state index in [1.54, 1.807) is 7.11 Å². The molecule has 18 heavy (non-hydrogen) atoms. The molecule has 3 nitrogen and oxygen atoms in total. The van der Waals surface area contributed by atoms with Gasteiger partial charge in [-0.3, -0.25) is 4.90 Å². The summed E-state index contributed by atoms with van der Waals surface area (Å²) >= 11 is 0. The van der Waals surface area contributed by atoms with E-state index in [9.17, 15) is 0 Å². The highest BCUT2D eigenvalue weighted by atomic mass is 16.5. The second-order valence-corrected chi connectivity index (χ2v) is 5.74. The number of benzene rings is 1. The van der Waals surface area contributed by atoms with Crippen LogP contribution in [0.1, 0.15) is 31.9 Å². The first-order valence-electron chi connectivity index (χ1n) is 6.35. The first-order valence-corrected chi connectivity index (χ1v) is 6.35. The molecule has 0 saturated carbocycles. The molecule has 0 unspecified atom stereocenters. The molecule has 0 aliphatic heterocycles. The summed E-state index contributed by atoms with van der Waals surface area (Å²) in [5, 5.41) is 8.95. The topological polar surface area (TPSA) is 32.7 Å². The Balaban J connectivity index is 2.99. The minimum absolute atomic E-state index is 0.135. The second kappa shape index (κ2) is 6.21. The van der Waals surface area contributed by atoms with Gasteiger partial charge in [0, 0.05) is 18.7 Å². The van der Waals surface area contributed by atoms with E-state index in [0.29, 0.717) is 6.54 Å². The summed E-state index contributed by atoms with van der Waals surface area (Å²) in [5.74, 6) is 0.910. The summed E-state index contributed by atoms with van der Waals surface area (Å²) in [6.45, 7) is 8.25. The van der Waals surface area contributed by atoms with Crippen LogP contribution in [0, 0.1) is 0 Å². The smallest absolute Gasteiger partial charge is 0.123 e. The van der Waals surface area contributed by atoms with Crippen molar-refractivity contribution >= 4 is 0 Å². The molecule has 0 fully saturated rings. The van der Waals surface area contributed by atoms with Crippen LogP contribution in [0.3, 0.4) is 0 Å². The van der Waals surface area contributed by atoms with Crippen LogP contribution in [-0.2, 0) is 12.0 Å². The minimum atomic E-state index is 0.135. The van der Waals surface area contributed by atoms with Crippen LogP contribution < -0.4 is 4.74 Å². The third kappa shape index (κ3) is 4.00. The lowest BCUT2D eigenvalue weighted by atomic mass is 9.86. The Morgan fingerprint density at radius 3 is 2.44 bits per heavy atom. The molecule has 0 atom stereocenters. The third-order valence-electron chi connectivity index (χ3n) is 3.07. The summed E-state index contributed by atoms with van der Waals surface area (Å²) < 4.78 is 5.40. The van der Waals surface area contributed by atoms with E-state index in [2.05, 4.69) is 37.8 Å². The average Bonchev–Trinajstić information content (AvgIpc) is 2.28. The fraction of sp³-hybridized carbons (Fsp3) is 0.600. The maximum absolute atomic E-state index is 8.95. The molecule has 0 spiro atoms. The van der Waals surface area contributed by atoms with Crippen molar-refractivity contribution in [3.8, 4) is 5.75 Å². The van der Waals surface area contributed by atoms with E-state index in [1.165, 1.54) is 11.1 Å². The lowest BCUT2D eigenvalue weighted by Crippen LogP contribution is -2.22. The second-order valence-electron chi connectivity index (χ2n) is 5.74. The Bertz CT molecular complexity index is 383. The largest absolute Gasteiger partial charge is 0.496 e. The molecule has 1 aromatic rings. The van der Waals surface area contributed by atoms with E-state index < -0.39 is 0 Å². The zero-order valence-electron chi connectivity index (χ0n) is 12.2. The molecule has 1 N–H and O–H groups in total. The number of hydrogen-bond acceptors (Lipinski definition) is 3. The van der Waals surface area contributed by atoms with Gasteiger partial charge in [-0.25, -0.2) is 0 Å². The van der Waals surface area contributed by atoms with Gasteiger partial charge < -0.3 is 9.84 Å². The monoisotopic (exact) mass is 251 g/mol. The normalized spacial score (nSPS) is 11.9. The molecule has 0 heterocycles. The summed E-state index contributed by atoms with van der Waals surface area (Å²) in [4.78, 5) is 2.09. The maximum atomic E-state index is 8.95. The third-order valence-corrected chi connectivity index (χ3v) is 3.07. The Morgan fingerprint density at radius 2 is 1.94 bits per heavy atom. The van der Waals surface area contributed by atoms with Crippen molar-refractivity contribution in [2.75, 3.05) is 27.3 Å². The van der Waals surface area contributed by atoms with Gasteiger partial charge in [0.1, 0.15) is 5.75 Å². The van der Waals surface area contributed by atoms with Gasteiger partial charge in [0.05, 0.1) is 13.7 Å². The molecule has 0 saturated heterocycles. The van der Waals surface area contributed by atoms with Gasteiger partial charge in [-0.15, -0.1) is 0 Å². The molecule has 1 rings (SSSR count). The van der Waals surface area contributed by atoms with Crippen LogP contribution in [0.2, 0.25) is 0 Å². The zero-order valence-corrected chi connectivity index (χ0v) is 12.2. The van der Waals surface area contributed by atoms with Crippen molar-refractivity contribution in [1.29, 1.82) is 0 Å². The molecule has 0 aromatic heterocycles. The van der Waals surface area contributed by atoms with Crippen molar-refractivity contribution in [2.45, 2.75) is 32.7 Å². The van der Waals surface area contributed by atoms with Gasteiger partial charge in [-0.05, 0) is 24.1 Å². The average molecular weight is 251 g/mol. The molecule has 3 heteroatoms. The highest BCUT2D eigenvalue weighted by molar-refractivity contribution is 5.39. The summed E-state index contributed by atoms with van der Waals surface area (Å²) in [6, 6.07) is 6.35. The number of rotatable bonds is 5. The Hall–Kier alpha value is -1.06. The molecule has 0 amide bonds. The lowest BCUT2D eigenvalue weighted by Gasteiger charge is -2.23. The van der Waals surface area contributed by atoms with E-state index >= 15 is 0 Å². The van der Waals surface area contributed by atoms with E-state index in [-0.39, 0.29) is 12.0 Å². The molecular formula is C15H25NO2. The van der Waals surface area contributed by atoms with E-state index in [4.69, 9.17) is 9.84 Å². The van der Waals surface area contributed by atoms with Crippen molar-refractivity contribution in [2.24, 2.45) is 0 Å². The first kappa shape index (κ1) is 15.0. The van der Waals surface area contributed by atoms with Gasteiger partial charge in [-0.2, -0.15) is 0 Å². The van der Waals surface area contributed by atoms with Crippen molar-refractivity contribution in [3.63, 3.8) is 0 Å². The number of likely N-dealkylation sites (N-methyl/N-ethyl adjacent to an activating group) is 1.